The summed E-state index contributed by atoms with van der Waals surface area (Å²) in [6.45, 7) is 2.10. The molecule has 0 fully saturated rings. The maximum Gasteiger partial charge on any atom is 0.236 e. The molecule has 88 valence electrons. The van der Waals surface area contributed by atoms with Crippen molar-refractivity contribution in [3.8, 4) is 0 Å². The third kappa shape index (κ3) is 3.03. The highest BCUT2D eigenvalue weighted by Gasteiger charge is 2.07. The number of nitrogens with zero attached hydrogens (tertiary/aromatic N) is 2. The van der Waals surface area contributed by atoms with Crippen LogP contribution in [0.25, 0.3) is 0 Å². The summed E-state index contributed by atoms with van der Waals surface area (Å²) in [5.41, 5.74) is 2.01. The second-order valence-electron chi connectivity index (χ2n) is 4.08. The average molecular weight is 228 g/mol. The van der Waals surface area contributed by atoms with Crippen LogP contribution >= 0.6 is 0 Å². The smallest absolute Gasteiger partial charge is 0.236 e. The first-order valence-electron chi connectivity index (χ1n) is 5.89. The molecule has 0 aliphatic carbocycles. The number of imidazole rings is 1. The standard InChI is InChI=1S/C14H16N2O/c1-2-6-13-10-16(11-15-13)14(17)9-12-7-4-3-5-8-12/h3-5,7-8,10-11H,2,6,9H2,1H3. The molecule has 17 heavy (non-hydrogen) atoms. The molecule has 2 aromatic rings. The lowest BCUT2D eigenvalue weighted by atomic mass is 10.1. The van der Waals surface area contributed by atoms with Crippen LogP contribution in [0.3, 0.4) is 0 Å². The zero-order valence-electron chi connectivity index (χ0n) is 9.97. The van der Waals surface area contributed by atoms with Crippen molar-refractivity contribution >= 4 is 5.91 Å². The summed E-state index contributed by atoms with van der Waals surface area (Å²) in [6, 6.07) is 9.76. The molecular formula is C14H16N2O. The Bertz CT molecular complexity index is 488. The molecule has 1 aromatic heterocycles. The Morgan fingerprint density at radius 2 is 2.06 bits per heavy atom. The number of benzene rings is 1. The van der Waals surface area contributed by atoms with Gasteiger partial charge in [-0.25, -0.2) is 4.98 Å². The summed E-state index contributed by atoms with van der Waals surface area (Å²) >= 11 is 0. The van der Waals surface area contributed by atoms with E-state index in [-0.39, 0.29) is 5.91 Å². The summed E-state index contributed by atoms with van der Waals surface area (Å²) in [5, 5.41) is 0. The summed E-state index contributed by atoms with van der Waals surface area (Å²) in [4.78, 5) is 16.2. The van der Waals surface area contributed by atoms with Gasteiger partial charge in [0.15, 0.2) is 0 Å². The van der Waals surface area contributed by atoms with Crippen LogP contribution in [0.4, 0.5) is 0 Å². The number of aromatic nitrogens is 2. The van der Waals surface area contributed by atoms with Crippen molar-refractivity contribution in [1.29, 1.82) is 0 Å². The lowest BCUT2D eigenvalue weighted by Crippen LogP contribution is -2.11. The van der Waals surface area contributed by atoms with Gasteiger partial charge in [-0.2, -0.15) is 0 Å². The topological polar surface area (TPSA) is 34.9 Å². The van der Waals surface area contributed by atoms with Crippen LogP contribution in [-0.4, -0.2) is 15.5 Å². The van der Waals surface area contributed by atoms with E-state index < -0.39 is 0 Å². The predicted molar refractivity (Wildman–Crippen MR) is 67.0 cm³/mol. The molecule has 0 bridgehead atoms. The lowest BCUT2D eigenvalue weighted by Gasteiger charge is -2.00. The molecule has 0 N–H and O–H groups in total. The number of aryl methyl sites for hydroxylation is 1. The highest BCUT2D eigenvalue weighted by molar-refractivity contribution is 5.81. The number of hydrogen-bond acceptors (Lipinski definition) is 2. The summed E-state index contributed by atoms with van der Waals surface area (Å²) < 4.78 is 1.58. The van der Waals surface area contributed by atoms with Crippen molar-refractivity contribution in [3.63, 3.8) is 0 Å². The predicted octanol–water partition coefficient (Wildman–Crippen LogP) is 2.72. The lowest BCUT2D eigenvalue weighted by molar-refractivity contribution is 0.0914. The van der Waals surface area contributed by atoms with Gasteiger partial charge in [0, 0.05) is 6.20 Å². The van der Waals surface area contributed by atoms with Gasteiger partial charge >= 0.3 is 0 Å². The van der Waals surface area contributed by atoms with Crippen molar-refractivity contribution in [2.45, 2.75) is 26.2 Å². The average Bonchev–Trinajstić information content (AvgIpc) is 2.79. The van der Waals surface area contributed by atoms with E-state index in [1.54, 1.807) is 10.9 Å². The number of hydrogen-bond donors (Lipinski definition) is 0. The molecule has 0 atom stereocenters. The van der Waals surface area contributed by atoms with Crippen LogP contribution in [0.2, 0.25) is 0 Å². The minimum absolute atomic E-state index is 0.0612. The van der Waals surface area contributed by atoms with Gasteiger partial charge in [0.1, 0.15) is 6.33 Å². The first-order valence-corrected chi connectivity index (χ1v) is 5.89. The summed E-state index contributed by atoms with van der Waals surface area (Å²) in [6.07, 6.45) is 5.82. The molecule has 3 heteroatoms. The van der Waals surface area contributed by atoms with Crippen LogP contribution in [0, 0.1) is 0 Å². The van der Waals surface area contributed by atoms with Crippen LogP contribution in [0.15, 0.2) is 42.9 Å². The molecule has 0 amide bonds. The molecule has 3 nitrogen and oxygen atoms in total. The Morgan fingerprint density at radius 1 is 1.29 bits per heavy atom. The van der Waals surface area contributed by atoms with Gasteiger partial charge in [-0.05, 0) is 12.0 Å². The summed E-state index contributed by atoms with van der Waals surface area (Å²) in [5.74, 6) is 0.0612. The van der Waals surface area contributed by atoms with E-state index in [0.29, 0.717) is 6.42 Å². The van der Waals surface area contributed by atoms with Crippen LogP contribution < -0.4 is 0 Å². The third-order valence-corrected chi connectivity index (χ3v) is 2.63. The SMILES string of the molecule is CCCc1cn(C(=O)Cc2ccccc2)cn1. The van der Waals surface area contributed by atoms with E-state index in [9.17, 15) is 4.79 Å². The first kappa shape index (κ1) is 11.6. The van der Waals surface area contributed by atoms with E-state index in [1.165, 1.54) is 0 Å². The van der Waals surface area contributed by atoms with E-state index in [2.05, 4.69) is 11.9 Å². The van der Waals surface area contributed by atoms with Crippen LogP contribution in [0.5, 0.6) is 0 Å². The molecule has 0 spiro atoms. The molecule has 0 aliphatic heterocycles. The fourth-order valence-corrected chi connectivity index (χ4v) is 1.75. The van der Waals surface area contributed by atoms with Gasteiger partial charge in [-0.3, -0.25) is 9.36 Å². The van der Waals surface area contributed by atoms with Crippen LogP contribution in [-0.2, 0) is 12.8 Å². The molecule has 1 aromatic carbocycles. The van der Waals surface area contributed by atoms with Crippen molar-refractivity contribution in [2.75, 3.05) is 0 Å². The summed E-state index contributed by atoms with van der Waals surface area (Å²) in [7, 11) is 0. The monoisotopic (exact) mass is 228 g/mol. The number of carbonyl (C=O) groups is 1. The van der Waals surface area contributed by atoms with Gasteiger partial charge in [0.25, 0.3) is 0 Å². The Hall–Kier alpha value is -1.90. The van der Waals surface area contributed by atoms with Crippen molar-refractivity contribution in [3.05, 3.63) is 54.1 Å². The largest absolute Gasteiger partial charge is 0.276 e. The zero-order valence-corrected chi connectivity index (χ0v) is 9.97. The molecule has 0 saturated carbocycles. The Kier molecular flexibility index (Phi) is 3.70. The first-order chi connectivity index (χ1) is 8.29. The van der Waals surface area contributed by atoms with Gasteiger partial charge < -0.3 is 0 Å². The van der Waals surface area contributed by atoms with Crippen molar-refractivity contribution < 1.29 is 4.79 Å². The molecule has 2 rings (SSSR count). The van der Waals surface area contributed by atoms with Crippen LogP contribution in [0.1, 0.15) is 29.4 Å². The molecule has 1 heterocycles. The van der Waals surface area contributed by atoms with Crippen molar-refractivity contribution in [1.82, 2.24) is 9.55 Å². The third-order valence-electron chi connectivity index (χ3n) is 2.63. The van der Waals surface area contributed by atoms with E-state index in [0.717, 1.165) is 24.1 Å². The Labute approximate surface area is 101 Å². The van der Waals surface area contributed by atoms with Gasteiger partial charge in [-0.1, -0.05) is 43.7 Å². The van der Waals surface area contributed by atoms with Gasteiger partial charge in [0.2, 0.25) is 5.91 Å². The zero-order chi connectivity index (χ0) is 12.1. The molecule has 0 aliphatic rings. The minimum atomic E-state index is 0.0612. The van der Waals surface area contributed by atoms with E-state index >= 15 is 0 Å². The Balaban J connectivity index is 2.04. The van der Waals surface area contributed by atoms with E-state index in [1.807, 2.05) is 36.5 Å². The van der Waals surface area contributed by atoms with Gasteiger partial charge in [0.05, 0.1) is 12.1 Å². The Morgan fingerprint density at radius 3 is 2.76 bits per heavy atom. The fraction of sp³-hybridized carbons (Fsp3) is 0.286. The normalized spacial score (nSPS) is 10.4. The number of carbonyl (C=O) groups excluding carboxylic acids is 1. The molecule has 0 unspecified atom stereocenters. The van der Waals surface area contributed by atoms with E-state index in [4.69, 9.17) is 0 Å². The highest BCUT2D eigenvalue weighted by Crippen LogP contribution is 2.04. The minimum Gasteiger partial charge on any atom is -0.276 e. The van der Waals surface area contributed by atoms with Crippen molar-refractivity contribution in [2.24, 2.45) is 0 Å². The quantitative estimate of drug-likeness (QED) is 0.806. The molecule has 0 radical (unpaired) electrons. The second-order valence-corrected chi connectivity index (χ2v) is 4.08. The molecular weight excluding hydrogens is 212 g/mol. The maximum atomic E-state index is 12.0. The second kappa shape index (κ2) is 5.43. The molecule has 0 saturated heterocycles. The fourth-order valence-electron chi connectivity index (χ4n) is 1.75. The van der Waals surface area contributed by atoms with Gasteiger partial charge in [-0.15, -0.1) is 0 Å². The highest BCUT2D eigenvalue weighted by atomic mass is 16.2. The number of rotatable bonds is 4. The maximum absolute atomic E-state index is 12.0.